The van der Waals surface area contributed by atoms with E-state index in [0.29, 0.717) is 12.0 Å². The van der Waals surface area contributed by atoms with Crippen molar-refractivity contribution < 1.29 is 20.1 Å². The first kappa shape index (κ1) is 9.95. The third-order valence-corrected chi connectivity index (χ3v) is 2.03. The summed E-state index contributed by atoms with van der Waals surface area (Å²) in [5.41, 5.74) is 0.723. The number of hydrogen-bond donors (Lipinski definition) is 3. The zero-order chi connectivity index (χ0) is 10.1. The molecular weight excluding hydrogens is 172 g/mol. The first-order valence-electron chi connectivity index (χ1n) is 4.05. The molecular formula is C9H12O4. The molecule has 0 fully saturated rings. The van der Waals surface area contributed by atoms with Gasteiger partial charge in [0.1, 0.15) is 0 Å². The van der Waals surface area contributed by atoms with Gasteiger partial charge in [-0.3, -0.25) is 0 Å². The van der Waals surface area contributed by atoms with Crippen LogP contribution in [0.15, 0.2) is 23.3 Å². The van der Waals surface area contributed by atoms with Gasteiger partial charge in [0, 0.05) is 6.42 Å². The number of carboxylic acids is 1. The highest BCUT2D eigenvalue weighted by Crippen LogP contribution is 2.27. The van der Waals surface area contributed by atoms with Gasteiger partial charge in [-0.05, 0) is 18.6 Å². The van der Waals surface area contributed by atoms with Gasteiger partial charge >= 0.3 is 5.97 Å². The molecule has 0 amide bonds. The van der Waals surface area contributed by atoms with E-state index in [1.165, 1.54) is 6.08 Å². The maximum atomic E-state index is 10.7. The lowest BCUT2D eigenvalue weighted by atomic mass is 9.92. The minimum absolute atomic E-state index is 0.0262. The highest BCUT2D eigenvalue weighted by atomic mass is 16.5. The van der Waals surface area contributed by atoms with E-state index in [4.69, 9.17) is 5.11 Å². The summed E-state index contributed by atoms with van der Waals surface area (Å²) in [6.07, 6.45) is 2.82. The second kappa shape index (κ2) is 3.32. The fraction of sp³-hybridized carbons (Fsp3) is 0.444. The quantitative estimate of drug-likeness (QED) is 0.543. The second-order valence-corrected chi connectivity index (χ2v) is 3.06. The predicted molar refractivity (Wildman–Crippen MR) is 45.9 cm³/mol. The number of carboxylic acid groups (broad SMARTS) is 1. The summed E-state index contributed by atoms with van der Waals surface area (Å²) in [5, 5.41) is 27.2. The molecule has 0 bridgehead atoms. The Morgan fingerprint density at radius 1 is 1.62 bits per heavy atom. The van der Waals surface area contributed by atoms with Crippen molar-refractivity contribution in [2.75, 3.05) is 0 Å². The normalized spacial score (nSPS) is 20.5. The number of hydrogen-bond acceptors (Lipinski definition) is 3. The van der Waals surface area contributed by atoms with Gasteiger partial charge in [0.25, 0.3) is 0 Å². The van der Waals surface area contributed by atoms with Crippen LogP contribution < -0.4 is 0 Å². The highest BCUT2D eigenvalue weighted by Gasteiger charge is 2.27. The first-order chi connectivity index (χ1) is 5.96. The van der Waals surface area contributed by atoms with Crippen molar-refractivity contribution in [1.29, 1.82) is 0 Å². The molecule has 0 spiro atoms. The molecule has 13 heavy (non-hydrogen) atoms. The Hall–Kier alpha value is -1.13. The van der Waals surface area contributed by atoms with Gasteiger partial charge in [0.05, 0.1) is 5.57 Å². The van der Waals surface area contributed by atoms with Gasteiger partial charge in [-0.25, -0.2) is 4.79 Å². The zero-order valence-electron chi connectivity index (χ0n) is 7.32. The van der Waals surface area contributed by atoms with Crippen molar-refractivity contribution in [2.45, 2.75) is 25.6 Å². The highest BCUT2D eigenvalue weighted by molar-refractivity contribution is 5.91. The van der Waals surface area contributed by atoms with Crippen LogP contribution >= 0.6 is 0 Å². The molecule has 4 heteroatoms. The first-order valence-corrected chi connectivity index (χ1v) is 4.05. The summed E-state index contributed by atoms with van der Waals surface area (Å²) in [7, 11) is 0. The largest absolute Gasteiger partial charge is 0.478 e. The van der Waals surface area contributed by atoms with Crippen LogP contribution in [0, 0.1) is 0 Å². The number of aliphatic carboxylic acids is 1. The molecule has 0 aromatic carbocycles. The Bertz CT molecular complexity index is 286. The average molecular weight is 184 g/mol. The van der Waals surface area contributed by atoms with E-state index in [1.807, 2.05) is 0 Å². The molecule has 1 aliphatic rings. The summed E-state index contributed by atoms with van der Waals surface area (Å²) in [6, 6.07) is 0. The maximum Gasteiger partial charge on any atom is 0.335 e. The molecule has 0 unspecified atom stereocenters. The van der Waals surface area contributed by atoms with Crippen LogP contribution in [0.1, 0.15) is 19.8 Å². The topological polar surface area (TPSA) is 77.8 Å². The Morgan fingerprint density at radius 2 is 2.23 bits per heavy atom. The summed E-state index contributed by atoms with van der Waals surface area (Å²) in [4.78, 5) is 10.7. The van der Waals surface area contributed by atoms with Crippen molar-refractivity contribution >= 4 is 5.97 Å². The lowest BCUT2D eigenvalue weighted by Crippen LogP contribution is -2.29. The van der Waals surface area contributed by atoms with Crippen LogP contribution in [0.5, 0.6) is 0 Å². The summed E-state index contributed by atoms with van der Waals surface area (Å²) < 4.78 is 0. The summed E-state index contributed by atoms with van der Waals surface area (Å²) >= 11 is 0. The van der Waals surface area contributed by atoms with Crippen molar-refractivity contribution in [2.24, 2.45) is 0 Å². The monoisotopic (exact) mass is 184 g/mol. The number of rotatable bonds is 2. The lowest BCUT2D eigenvalue weighted by molar-refractivity contribution is -0.133. The molecule has 0 aromatic rings. The van der Waals surface area contributed by atoms with Gasteiger partial charge in [-0.15, -0.1) is 0 Å². The van der Waals surface area contributed by atoms with E-state index in [9.17, 15) is 15.0 Å². The molecule has 0 heterocycles. The Labute approximate surface area is 75.8 Å². The third kappa shape index (κ3) is 2.17. The van der Waals surface area contributed by atoms with Gasteiger partial charge in [-0.2, -0.15) is 0 Å². The molecule has 4 nitrogen and oxygen atoms in total. The fourth-order valence-electron chi connectivity index (χ4n) is 1.34. The fourth-order valence-corrected chi connectivity index (χ4v) is 1.34. The maximum absolute atomic E-state index is 10.7. The second-order valence-electron chi connectivity index (χ2n) is 3.06. The molecule has 0 aromatic heterocycles. The zero-order valence-corrected chi connectivity index (χ0v) is 7.32. The van der Waals surface area contributed by atoms with Gasteiger partial charge in [0.15, 0.2) is 5.79 Å². The van der Waals surface area contributed by atoms with E-state index in [0.717, 1.165) is 6.08 Å². The molecule has 0 radical (unpaired) electrons. The van der Waals surface area contributed by atoms with Crippen LogP contribution in [-0.4, -0.2) is 27.1 Å². The smallest absolute Gasteiger partial charge is 0.335 e. The van der Waals surface area contributed by atoms with Crippen LogP contribution in [0.3, 0.4) is 0 Å². The van der Waals surface area contributed by atoms with E-state index in [2.05, 4.69) is 0 Å². The molecule has 72 valence electrons. The molecule has 0 aliphatic heterocycles. The standard InChI is InChI=1S/C9H12O4/c1-2-6-5-9(12,13)4-3-7(6)8(10)11/h3-4,12-13H,2,5H2,1H3,(H,10,11). The van der Waals surface area contributed by atoms with Crippen molar-refractivity contribution in [1.82, 2.24) is 0 Å². The van der Waals surface area contributed by atoms with E-state index < -0.39 is 11.8 Å². The van der Waals surface area contributed by atoms with E-state index >= 15 is 0 Å². The van der Waals surface area contributed by atoms with Crippen molar-refractivity contribution in [3.63, 3.8) is 0 Å². The third-order valence-electron chi connectivity index (χ3n) is 2.03. The Kier molecular flexibility index (Phi) is 2.54. The molecule has 0 saturated carbocycles. The van der Waals surface area contributed by atoms with E-state index in [-0.39, 0.29) is 12.0 Å². The SMILES string of the molecule is CCC1=C(C(=O)O)C=CC(O)(O)C1. The van der Waals surface area contributed by atoms with Crippen molar-refractivity contribution in [3.8, 4) is 0 Å². The van der Waals surface area contributed by atoms with Crippen LogP contribution in [0.25, 0.3) is 0 Å². The van der Waals surface area contributed by atoms with Crippen LogP contribution in [-0.2, 0) is 4.79 Å². The molecule has 1 rings (SSSR count). The molecule has 0 atom stereocenters. The molecule has 3 N–H and O–H groups in total. The van der Waals surface area contributed by atoms with Crippen LogP contribution in [0.4, 0.5) is 0 Å². The number of carbonyl (C=O) groups is 1. The van der Waals surface area contributed by atoms with Gasteiger partial charge in [0.2, 0.25) is 0 Å². The minimum atomic E-state index is -1.88. The number of aliphatic hydroxyl groups is 2. The van der Waals surface area contributed by atoms with Gasteiger partial charge in [-0.1, -0.05) is 12.5 Å². The predicted octanol–water partition coefficient (Wildman–Crippen LogP) is 0.418. The lowest BCUT2D eigenvalue weighted by Gasteiger charge is -2.23. The molecule has 0 saturated heterocycles. The Morgan fingerprint density at radius 3 is 2.69 bits per heavy atom. The average Bonchev–Trinajstić information content (AvgIpc) is 2.01. The van der Waals surface area contributed by atoms with Gasteiger partial charge < -0.3 is 15.3 Å². The van der Waals surface area contributed by atoms with Crippen molar-refractivity contribution in [3.05, 3.63) is 23.3 Å². The molecule has 1 aliphatic carbocycles. The summed E-state index contributed by atoms with van der Waals surface area (Å²) in [6.45, 7) is 1.79. The van der Waals surface area contributed by atoms with Crippen LogP contribution in [0.2, 0.25) is 0 Å². The van der Waals surface area contributed by atoms with E-state index in [1.54, 1.807) is 6.92 Å². The minimum Gasteiger partial charge on any atom is -0.478 e. The Balaban J connectivity index is 3.01. The summed E-state index contributed by atoms with van der Waals surface area (Å²) in [5.74, 6) is -2.91.